The molecular formula is C12H23NO7S2. The molecule has 1 aliphatic rings. The third kappa shape index (κ3) is 6.09. The fraction of sp³-hybridized carbons (Fsp3) is 0.917. The van der Waals surface area contributed by atoms with Crippen molar-refractivity contribution in [3.63, 3.8) is 0 Å². The van der Waals surface area contributed by atoms with E-state index >= 15 is 0 Å². The average Bonchev–Trinajstić information content (AvgIpc) is 2.66. The summed E-state index contributed by atoms with van der Waals surface area (Å²) in [6.07, 6.45) is 1.33. The zero-order chi connectivity index (χ0) is 17.3. The van der Waals surface area contributed by atoms with Crippen LogP contribution >= 0.6 is 0 Å². The van der Waals surface area contributed by atoms with Crippen LogP contribution in [-0.2, 0) is 28.9 Å². The summed E-state index contributed by atoms with van der Waals surface area (Å²) in [5, 5.41) is -0.873. The lowest BCUT2D eigenvalue weighted by atomic mass is 10.1. The van der Waals surface area contributed by atoms with Gasteiger partial charge in [-0.2, -0.15) is 8.42 Å². The van der Waals surface area contributed by atoms with Crippen molar-refractivity contribution in [2.24, 2.45) is 5.92 Å². The van der Waals surface area contributed by atoms with Gasteiger partial charge in [0.1, 0.15) is 5.60 Å². The van der Waals surface area contributed by atoms with Gasteiger partial charge in [-0.25, -0.2) is 13.2 Å². The number of hydrogen-bond acceptors (Lipinski definition) is 7. The molecule has 1 saturated heterocycles. The molecule has 0 radical (unpaired) electrons. The van der Waals surface area contributed by atoms with Crippen molar-refractivity contribution in [3.05, 3.63) is 0 Å². The number of carbonyl (C=O) groups excluding carboxylic acids is 1. The van der Waals surface area contributed by atoms with Crippen molar-refractivity contribution in [3.8, 4) is 0 Å². The predicted molar refractivity (Wildman–Crippen MR) is 80.7 cm³/mol. The number of ether oxygens (including phenoxy) is 1. The molecule has 1 aliphatic heterocycles. The summed E-state index contributed by atoms with van der Waals surface area (Å²) < 4.78 is 55.7. The molecule has 0 aromatic heterocycles. The maximum Gasteiger partial charge on any atom is 0.410 e. The van der Waals surface area contributed by atoms with E-state index < -0.39 is 42.8 Å². The first-order valence-corrected chi connectivity index (χ1v) is 10.5. The second-order valence-electron chi connectivity index (χ2n) is 6.50. The maximum atomic E-state index is 12.0. The number of carbonyl (C=O) groups is 1. The normalized spacial score (nSPS) is 23.6. The van der Waals surface area contributed by atoms with Crippen LogP contribution in [0.15, 0.2) is 0 Å². The van der Waals surface area contributed by atoms with Gasteiger partial charge >= 0.3 is 6.09 Å². The molecule has 1 amide bonds. The van der Waals surface area contributed by atoms with Gasteiger partial charge in [0, 0.05) is 25.3 Å². The number of hydrogen-bond donors (Lipinski definition) is 0. The van der Waals surface area contributed by atoms with E-state index in [0.29, 0.717) is 0 Å². The SMILES string of the molecule is CC(C)(C)OC(=O)N1CC(COS(C)(=O)=O)C(S(C)(=O)=O)C1. The zero-order valence-electron chi connectivity index (χ0n) is 13.4. The van der Waals surface area contributed by atoms with Crippen molar-refractivity contribution in [1.82, 2.24) is 4.90 Å². The Hall–Kier alpha value is -0.870. The molecular weight excluding hydrogens is 334 g/mol. The van der Waals surface area contributed by atoms with Gasteiger partial charge in [-0.1, -0.05) is 0 Å². The molecule has 130 valence electrons. The van der Waals surface area contributed by atoms with E-state index in [1.807, 2.05) is 0 Å². The van der Waals surface area contributed by atoms with Crippen molar-refractivity contribution < 1.29 is 30.6 Å². The van der Waals surface area contributed by atoms with Crippen LogP contribution in [0.3, 0.4) is 0 Å². The Morgan fingerprint density at radius 2 is 1.68 bits per heavy atom. The highest BCUT2D eigenvalue weighted by Gasteiger charge is 2.42. The second-order valence-corrected chi connectivity index (χ2v) is 10.4. The number of amides is 1. The van der Waals surface area contributed by atoms with Crippen LogP contribution in [0.4, 0.5) is 4.79 Å². The minimum atomic E-state index is -3.68. The fourth-order valence-electron chi connectivity index (χ4n) is 2.17. The summed E-state index contributed by atoms with van der Waals surface area (Å²) in [6.45, 7) is 4.88. The molecule has 0 bridgehead atoms. The minimum Gasteiger partial charge on any atom is -0.444 e. The Kier molecular flexibility index (Phi) is 5.51. The van der Waals surface area contributed by atoms with E-state index in [2.05, 4.69) is 0 Å². The van der Waals surface area contributed by atoms with Crippen LogP contribution in [0.1, 0.15) is 20.8 Å². The summed E-state index contributed by atoms with van der Waals surface area (Å²) in [5.41, 5.74) is -0.695. The first-order valence-electron chi connectivity index (χ1n) is 6.70. The topological polar surface area (TPSA) is 107 Å². The summed E-state index contributed by atoms with van der Waals surface area (Å²) in [6, 6.07) is 0. The average molecular weight is 357 g/mol. The van der Waals surface area contributed by atoms with Crippen molar-refractivity contribution in [2.45, 2.75) is 31.6 Å². The van der Waals surface area contributed by atoms with Crippen molar-refractivity contribution in [2.75, 3.05) is 32.2 Å². The fourth-order valence-corrected chi connectivity index (χ4v) is 3.91. The first kappa shape index (κ1) is 19.2. The molecule has 8 nitrogen and oxygen atoms in total. The lowest BCUT2D eigenvalue weighted by molar-refractivity contribution is 0.0285. The number of likely N-dealkylation sites (tertiary alicyclic amines) is 1. The zero-order valence-corrected chi connectivity index (χ0v) is 15.0. The molecule has 0 aromatic carbocycles. The minimum absolute atomic E-state index is 0.0362. The third-order valence-corrected chi connectivity index (χ3v) is 5.28. The van der Waals surface area contributed by atoms with Crippen LogP contribution in [0, 0.1) is 5.92 Å². The molecule has 10 heteroatoms. The number of sulfone groups is 1. The van der Waals surface area contributed by atoms with Crippen LogP contribution in [0.25, 0.3) is 0 Å². The van der Waals surface area contributed by atoms with E-state index in [-0.39, 0.29) is 19.7 Å². The number of nitrogens with zero attached hydrogens (tertiary/aromatic N) is 1. The molecule has 1 fully saturated rings. The predicted octanol–water partition coefficient (Wildman–Crippen LogP) is 0.243. The van der Waals surface area contributed by atoms with Gasteiger partial charge < -0.3 is 9.64 Å². The molecule has 0 aliphatic carbocycles. The van der Waals surface area contributed by atoms with Gasteiger partial charge in [0.05, 0.1) is 18.1 Å². The second kappa shape index (κ2) is 6.32. The molecule has 1 rings (SSSR count). The number of rotatable bonds is 4. The Bertz CT molecular complexity index is 618. The summed E-state index contributed by atoms with van der Waals surface area (Å²) in [4.78, 5) is 13.3. The first-order chi connectivity index (χ1) is 9.69. The monoisotopic (exact) mass is 357 g/mol. The van der Waals surface area contributed by atoms with Gasteiger partial charge in [-0.15, -0.1) is 0 Å². The van der Waals surface area contributed by atoms with Gasteiger partial charge in [-0.3, -0.25) is 4.18 Å². The highest BCUT2D eigenvalue weighted by atomic mass is 32.2. The maximum absolute atomic E-state index is 12.0. The Morgan fingerprint density at radius 3 is 2.09 bits per heavy atom. The van der Waals surface area contributed by atoms with Crippen LogP contribution < -0.4 is 0 Å². The van der Waals surface area contributed by atoms with Gasteiger partial charge in [0.15, 0.2) is 9.84 Å². The molecule has 2 atom stereocenters. The van der Waals surface area contributed by atoms with Gasteiger partial charge in [0.25, 0.3) is 10.1 Å². The lowest BCUT2D eigenvalue weighted by Crippen LogP contribution is -2.36. The van der Waals surface area contributed by atoms with E-state index in [0.717, 1.165) is 12.5 Å². The molecule has 0 aromatic rings. The molecule has 1 heterocycles. The smallest absolute Gasteiger partial charge is 0.410 e. The highest BCUT2D eigenvalue weighted by Crippen LogP contribution is 2.25. The molecule has 0 spiro atoms. The van der Waals surface area contributed by atoms with Gasteiger partial charge in [0.2, 0.25) is 0 Å². The van der Waals surface area contributed by atoms with Crippen LogP contribution in [0.5, 0.6) is 0 Å². The third-order valence-electron chi connectivity index (χ3n) is 3.08. The van der Waals surface area contributed by atoms with Gasteiger partial charge in [-0.05, 0) is 20.8 Å². The van der Waals surface area contributed by atoms with Crippen LogP contribution in [-0.4, -0.2) is 70.9 Å². The molecule has 0 N–H and O–H groups in total. The highest BCUT2D eigenvalue weighted by molar-refractivity contribution is 7.91. The summed E-state index contributed by atoms with van der Waals surface area (Å²) in [5.74, 6) is -0.614. The van der Waals surface area contributed by atoms with E-state index in [4.69, 9.17) is 8.92 Å². The summed E-state index contributed by atoms with van der Waals surface area (Å²) in [7, 11) is -7.13. The molecule has 2 unspecified atom stereocenters. The Balaban J connectivity index is 2.85. The Labute approximate surface area is 131 Å². The van der Waals surface area contributed by atoms with E-state index in [1.54, 1.807) is 20.8 Å². The van der Waals surface area contributed by atoms with Crippen molar-refractivity contribution >= 4 is 26.0 Å². The lowest BCUT2D eigenvalue weighted by Gasteiger charge is -2.24. The standard InChI is InChI=1S/C12H23NO7S2/c1-12(2,3)20-11(14)13-6-9(8-19-22(5,17)18)10(7-13)21(4,15)16/h9-10H,6-8H2,1-5H3. The molecule has 22 heavy (non-hydrogen) atoms. The largest absolute Gasteiger partial charge is 0.444 e. The summed E-state index contributed by atoms with van der Waals surface area (Å²) >= 11 is 0. The van der Waals surface area contributed by atoms with E-state index in [1.165, 1.54) is 4.90 Å². The quantitative estimate of drug-likeness (QED) is 0.663. The van der Waals surface area contributed by atoms with Crippen LogP contribution in [0.2, 0.25) is 0 Å². The van der Waals surface area contributed by atoms with E-state index in [9.17, 15) is 21.6 Å². The molecule has 0 saturated carbocycles. The van der Waals surface area contributed by atoms with Crippen molar-refractivity contribution in [1.29, 1.82) is 0 Å². The Morgan fingerprint density at radius 1 is 1.14 bits per heavy atom.